The third kappa shape index (κ3) is 4.82. The average molecular weight is 454 g/mol. The lowest BCUT2D eigenvalue weighted by Gasteiger charge is -2.20. The van der Waals surface area contributed by atoms with Gasteiger partial charge in [0.15, 0.2) is 6.61 Å². The van der Waals surface area contributed by atoms with Gasteiger partial charge in [-0.15, -0.1) is 0 Å². The van der Waals surface area contributed by atoms with Crippen molar-refractivity contribution in [3.8, 4) is 12.1 Å². The van der Waals surface area contributed by atoms with E-state index in [0.717, 1.165) is 16.8 Å². The van der Waals surface area contributed by atoms with Gasteiger partial charge >= 0.3 is 5.97 Å². The Bertz CT molecular complexity index is 1310. The van der Waals surface area contributed by atoms with Gasteiger partial charge in [0, 0.05) is 18.5 Å². The first-order chi connectivity index (χ1) is 16.6. The summed E-state index contributed by atoms with van der Waals surface area (Å²) in [7, 11) is 0. The monoisotopic (exact) mass is 454 g/mol. The highest BCUT2D eigenvalue weighted by Gasteiger charge is 2.28. The van der Waals surface area contributed by atoms with E-state index in [-0.39, 0.29) is 25.9 Å². The zero-order valence-electron chi connectivity index (χ0n) is 18.5. The van der Waals surface area contributed by atoms with Crippen LogP contribution in [0, 0.1) is 22.7 Å². The van der Waals surface area contributed by atoms with E-state index in [0.29, 0.717) is 35.1 Å². The van der Waals surface area contributed by atoms with Crippen LogP contribution < -0.4 is 0 Å². The summed E-state index contributed by atoms with van der Waals surface area (Å²) in [5.41, 5.74) is 3.58. The Kier molecular flexibility index (Phi) is 7.00. The molecule has 0 radical (unpaired) electrons. The summed E-state index contributed by atoms with van der Waals surface area (Å²) < 4.78 is 10.9. The van der Waals surface area contributed by atoms with Gasteiger partial charge in [0.1, 0.15) is 5.76 Å². The number of nitriles is 2. The van der Waals surface area contributed by atoms with Crippen molar-refractivity contribution in [3.05, 3.63) is 65.2 Å². The quantitative estimate of drug-likeness (QED) is 0.469. The molecule has 0 atom stereocenters. The fourth-order valence-electron chi connectivity index (χ4n) is 4.08. The summed E-state index contributed by atoms with van der Waals surface area (Å²) in [5.74, 6) is -0.322. The molecule has 1 aromatic carbocycles. The molecule has 8 nitrogen and oxygen atoms in total. The third-order valence-electron chi connectivity index (χ3n) is 5.67. The van der Waals surface area contributed by atoms with Crippen LogP contribution in [0.1, 0.15) is 46.6 Å². The van der Waals surface area contributed by atoms with Crippen molar-refractivity contribution < 1.29 is 18.7 Å². The number of pyridine rings is 1. The molecule has 0 saturated carbocycles. The van der Waals surface area contributed by atoms with Crippen LogP contribution in [0.15, 0.2) is 47.1 Å². The third-order valence-corrected chi connectivity index (χ3v) is 5.67. The number of fused-ring (bicyclic) bond motifs is 2. The maximum Gasteiger partial charge on any atom is 0.339 e. The topological polar surface area (TPSA) is 120 Å². The van der Waals surface area contributed by atoms with Gasteiger partial charge < -0.3 is 14.1 Å². The van der Waals surface area contributed by atoms with Crippen molar-refractivity contribution in [1.29, 1.82) is 10.5 Å². The summed E-state index contributed by atoms with van der Waals surface area (Å²) in [6.07, 6.45) is 5.13. The second-order valence-electron chi connectivity index (χ2n) is 7.79. The van der Waals surface area contributed by atoms with Gasteiger partial charge in [-0.1, -0.05) is 18.2 Å². The second-order valence-corrected chi connectivity index (χ2v) is 7.79. The predicted octanol–water partition coefficient (Wildman–Crippen LogP) is 4.13. The van der Waals surface area contributed by atoms with Crippen molar-refractivity contribution in [2.45, 2.75) is 25.7 Å². The first-order valence-electron chi connectivity index (χ1n) is 11.0. The average Bonchev–Trinajstić information content (AvgIpc) is 3.51. The van der Waals surface area contributed by atoms with Crippen molar-refractivity contribution in [1.82, 2.24) is 9.88 Å². The van der Waals surface area contributed by atoms with Crippen molar-refractivity contribution >= 4 is 34.4 Å². The molecule has 4 rings (SSSR count). The molecule has 0 bridgehead atoms. The van der Waals surface area contributed by atoms with E-state index >= 15 is 0 Å². The molecule has 2 heterocycles. The second kappa shape index (κ2) is 10.5. The minimum Gasteiger partial charge on any atom is -0.465 e. The standard InChI is InChI=1S/C26H22N4O4/c27-11-4-13-30(14-5-12-28)23(31)17-34-26(32)24-20-7-1-2-8-22(20)29-25-18(9-10-21(24)25)16-19-6-3-15-33-19/h1-3,6-8,15-16H,4-5,9-10,13-14,17H2/b18-16+. The maximum absolute atomic E-state index is 13.2. The number of para-hydroxylation sites is 1. The maximum atomic E-state index is 13.2. The minimum atomic E-state index is -0.594. The van der Waals surface area contributed by atoms with Crippen molar-refractivity contribution in [2.24, 2.45) is 0 Å². The normalized spacial score (nSPS) is 13.3. The van der Waals surface area contributed by atoms with Crippen LogP contribution in [0.5, 0.6) is 0 Å². The summed E-state index contributed by atoms with van der Waals surface area (Å²) in [4.78, 5) is 32.0. The van der Waals surface area contributed by atoms with Crippen LogP contribution in [-0.4, -0.2) is 41.5 Å². The lowest BCUT2D eigenvalue weighted by Crippen LogP contribution is -2.36. The van der Waals surface area contributed by atoms with Gasteiger partial charge in [-0.25, -0.2) is 9.78 Å². The Morgan fingerprint density at radius 2 is 1.85 bits per heavy atom. The van der Waals surface area contributed by atoms with E-state index in [1.54, 1.807) is 6.26 Å². The van der Waals surface area contributed by atoms with E-state index < -0.39 is 18.5 Å². The van der Waals surface area contributed by atoms with Crippen molar-refractivity contribution in [2.75, 3.05) is 19.7 Å². The molecule has 1 aliphatic carbocycles. The number of hydrogen-bond donors (Lipinski definition) is 0. The number of hydrogen-bond acceptors (Lipinski definition) is 7. The van der Waals surface area contributed by atoms with Gasteiger partial charge in [-0.05, 0) is 48.3 Å². The summed E-state index contributed by atoms with van der Waals surface area (Å²) in [5, 5.41) is 18.3. The summed E-state index contributed by atoms with van der Waals surface area (Å²) >= 11 is 0. The van der Waals surface area contributed by atoms with E-state index in [4.69, 9.17) is 24.7 Å². The number of aromatic nitrogens is 1. The molecule has 2 aromatic heterocycles. The van der Waals surface area contributed by atoms with E-state index in [9.17, 15) is 9.59 Å². The van der Waals surface area contributed by atoms with E-state index in [2.05, 4.69) is 0 Å². The molecule has 3 aromatic rings. The van der Waals surface area contributed by atoms with Crippen LogP contribution in [0.4, 0.5) is 0 Å². The van der Waals surface area contributed by atoms with Crippen molar-refractivity contribution in [3.63, 3.8) is 0 Å². The Balaban J connectivity index is 1.61. The first kappa shape index (κ1) is 22.8. The Hall–Kier alpha value is -4.43. The number of amides is 1. The number of furan rings is 1. The molecular formula is C26H22N4O4. The fourth-order valence-corrected chi connectivity index (χ4v) is 4.08. The van der Waals surface area contributed by atoms with Crippen LogP contribution in [0.3, 0.4) is 0 Å². The molecule has 1 aliphatic rings. The molecule has 0 aliphatic heterocycles. The van der Waals surface area contributed by atoms with Crippen LogP contribution in [-0.2, 0) is 16.0 Å². The van der Waals surface area contributed by atoms with Crippen LogP contribution in [0.25, 0.3) is 22.6 Å². The number of esters is 1. The molecule has 0 N–H and O–H groups in total. The highest BCUT2D eigenvalue weighted by atomic mass is 16.5. The first-order valence-corrected chi connectivity index (χ1v) is 11.0. The Morgan fingerprint density at radius 1 is 1.09 bits per heavy atom. The molecule has 0 spiro atoms. The fraction of sp³-hybridized carbons (Fsp3) is 0.269. The van der Waals surface area contributed by atoms with Gasteiger partial charge in [-0.2, -0.15) is 10.5 Å². The van der Waals surface area contributed by atoms with E-state index in [1.165, 1.54) is 4.90 Å². The van der Waals surface area contributed by atoms with Gasteiger partial charge in [-0.3, -0.25) is 4.79 Å². The smallest absolute Gasteiger partial charge is 0.339 e. The number of allylic oxidation sites excluding steroid dienone is 1. The van der Waals surface area contributed by atoms with E-state index in [1.807, 2.05) is 54.6 Å². The Labute approximate surface area is 196 Å². The lowest BCUT2D eigenvalue weighted by molar-refractivity contribution is -0.134. The molecule has 0 fully saturated rings. The summed E-state index contributed by atoms with van der Waals surface area (Å²) in [6, 6.07) is 15.0. The highest BCUT2D eigenvalue weighted by Crippen LogP contribution is 2.37. The zero-order chi connectivity index (χ0) is 23.9. The van der Waals surface area contributed by atoms with Gasteiger partial charge in [0.05, 0.1) is 48.0 Å². The number of benzene rings is 1. The number of ether oxygens (including phenoxy) is 1. The largest absolute Gasteiger partial charge is 0.465 e. The molecule has 1 amide bonds. The minimum absolute atomic E-state index is 0.137. The van der Waals surface area contributed by atoms with Gasteiger partial charge in [0.25, 0.3) is 5.91 Å². The number of carbonyl (C=O) groups is 2. The molecule has 0 saturated heterocycles. The number of carbonyl (C=O) groups excluding carboxylic acids is 2. The molecule has 34 heavy (non-hydrogen) atoms. The molecule has 8 heteroatoms. The SMILES string of the molecule is N#CCCN(CCC#N)C(=O)COC(=O)c1c2c(nc3ccccc13)/C(=C/c1ccco1)CC2. The highest BCUT2D eigenvalue weighted by molar-refractivity contribution is 6.07. The lowest BCUT2D eigenvalue weighted by atomic mass is 10.0. The molecular weight excluding hydrogens is 432 g/mol. The van der Waals surface area contributed by atoms with Crippen LogP contribution >= 0.6 is 0 Å². The number of rotatable bonds is 8. The zero-order valence-corrected chi connectivity index (χ0v) is 18.5. The summed E-state index contributed by atoms with van der Waals surface area (Å²) in [6.45, 7) is -0.0949. The predicted molar refractivity (Wildman–Crippen MR) is 124 cm³/mol. The molecule has 0 unspecified atom stereocenters. The Morgan fingerprint density at radius 3 is 2.56 bits per heavy atom. The number of nitrogens with zero attached hydrogens (tertiary/aromatic N) is 4. The van der Waals surface area contributed by atoms with Crippen LogP contribution in [0.2, 0.25) is 0 Å². The van der Waals surface area contributed by atoms with Gasteiger partial charge in [0.2, 0.25) is 0 Å². The molecule has 170 valence electrons.